The third kappa shape index (κ3) is 3.01. The molecule has 5 rings (SSSR count). The maximum atomic E-state index is 13.1. The zero-order chi connectivity index (χ0) is 16.7. The van der Waals surface area contributed by atoms with Crippen molar-refractivity contribution in [1.29, 1.82) is 0 Å². The van der Waals surface area contributed by atoms with Crippen molar-refractivity contribution in [2.24, 2.45) is 11.8 Å². The van der Waals surface area contributed by atoms with E-state index >= 15 is 0 Å². The van der Waals surface area contributed by atoms with E-state index in [4.69, 9.17) is 0 Å². The zero-order valence-electron chi connectivity index (χ0n) is 15.2. The van der Waals surface area contributed by atoms with E-state index in [0.717, 1.165) is 24.7 Å². The number of aromatic nitrogens is 1. The molecule has 0 aromatic carbocycles. The molecule has 0 spiro atoms. The maximum Gasteiger partial charge on any atom is 0.270 e. The van der Waals surface area contributed by atoms with Crippen molar-refractivity contribution in [2.45, 2.75) is 58.0 Å². The summed E-state index contributed by atoms with van der Waals surface area (Å²) in [6, 6.07) is 4.90. The molecule has 4 heteroatoms. The molecule has 1 aromatic heterocycles. The molecule has 3 aliphatic heterocycles. The topological polar surface area (TPSA) is 28.5 Å². The van der Waals surface area contributed by atoms with Crippen molar-refractivity contribution >= 4 is 5.91 Å². The third-order valence-corrected chi connectivity index (χ3v) is 6.39. The standard InChI is InChI=1S/C20H31N3O/c1-15(2)23-10-4-7-19(23)20(24)22-13-17-8-9-18(14-22)21(12-17)11-16-5-3-6-16/h4,7,10,15-18H,3,5-6,8-9,11-14H2,1-2H3/t17-,18-/m0/s1. The lowest BCUT2D eigenvalue weighted by Gasteiger charge is -2.40. The van der Waals surface area contributed by atoms with Crippen LogP contribution in [0, 0.1) is 11.8 Å². The monoisotopic (exact) mass is 329 g/mol. The summed E-state index contributed by atoms with van der Waals surface area (Å²) in [6.45, 7) is 8.62. The van der Waals surface area contributed by atoms with Crippen molar-refractivity contribution in [3.05, 3.63) is 24.0 Å². The second kappa shape index (κ2) is 6.55. The van der Waals surface area contributed by atoms with E-state index in [1.54, 1.807) is 0 Å². The van der Waals surface area contributed by atoms with E-state index in [9.17, 15) is 4.79 Å². The number of carbonyl (C=O) groups excluding carboxylic acids is 1. The largest absolute Gasteiger partial charge is 0.341 e. The Morgan fingerprint density at radius 1 is 1.17 bits per heavy atom. The van der Waals surface area contributed by atoms with E-state index in [-0.39, 0.29) is 5.91 Å². The van der Waals surface area contributed by atoms with Crippen LogP contribution >= 0.6 is 0 Å². The second-order valence-corrected chi connectivity index (χ2v) is 8.45. The van der Waals surface area contributed by atoms with Crippen LogP contribution in [0.2, 0.25) is 0 Å². The molecule has 4 nitrogen and oxygen atoms in total. The van der Waals surface area contributed by atoms with E-state index < -0.39 is 0 Å². The zero-order valence-corrected chi connectivity index (χ0v) is 15.2. The van der Waals surface area contributed by atoms with Gasteiger partial charge in [0.1, 0.15) is 5.69 Å². The van der Waals surface area contributed by atoms with Gasteiger partial charge in [-0.3, -0.25) is 9.69 Å². The molecule has 4 heterocycles. The van der Waals surface area contributed by atoms with Gasteiger partial charge in [0, 0.05) is 44.5 Å². The maximum absolute atomic E-state index is 13.1. The minimum atomic E-state index is 0.232. The molecule has 2 bridgehead atoms. The summed E-state index contributed by atoms with van der Waals surface area (Å²) in [5.74, 6) is 1.82. The summed E-state index contributed by atoms with van der Waals surface area (Å²) < 4.78 is 2.11. The Hall–Kier alpha value is -1.29. The van der Waals surface area contributed by atoms with Gasteiger partial charge in [0.15, 0.2) is 0 Å². The van der Waals surface area contributed by atoms with Gasteiger partial charge < -0.3 is 9.47 Å². The molecule has 4 fully saturated rings. The van der Waals surface area contributed by atoms with Gasteiger partial charge in [-0.15, -0.1) is 0 Å². The SMILES string of the molecule is CC(C)n1cccc1C(=O)N1C[C@H]2CC[C@@H](C1)N(CC1CCC1)C2. The Morgan fingerprint density at radius 2 is 2.00 bits per heavy atom. The fraction of sp³-hybridized carbons (Fsp3) is 0.750. The first-order valence-electron chi connectivity index (χ1n) is 9.82. The molecule has 3 saturated heterocycles. The summed E-state index contributed by atoms with van der Waals surface area (Å²) in [5.41, 5.74) is 0.858. The highest BCUT2D eigenvalue weighted by atomic mass is 16.2. The van der Waals surface area contributed by atoms with Crippen LogP contribution in [0.25, 0.3) is 0 Å². The van der Waals surface area contributed by atoms with Gasteiger partial charge in [-0.1, -0.05) is 6.42 Å². The lowest BCUT2D eigenvalue weighted by atomic mass is 9.83. The van der Waals surface area contributed by atoms with Crippen LogP contribution in [0.4, 0.5) is 0 Å². The summed E-state index contributed by atoms with van der Waals surface area (Å²) in [4.78, 5) is 18.0. The lowest BCUT2D eigenvalue weighted by molar-refractivity contribution is 0.0706. The Bertz CT molecular complexity index is 589. The molecule has 132 valence electrons. The van der Waals surface area contributed by atoms with Crippen molar-refractivity contribution in [3.63, 3.8) is 0 Å². The normalized spacial score (nSPS) is 28.2. The highest BCUT2D eigenvalue weighted by Gasteiger charge is 2.38. The molecule has 1 aromatic rings. The number of hydrogen-bond acceptors (Lipinski definition) is 2. The van der Waals surface area contributed by atoms with Crippen LogP contribution in [0.1, 0.15) is 62.5 Å². The first kappa shape index (κ1) is 16.2. The third-order valence-electron chi connectivity index (χ3n) is 6.39. The number of amides is 1. The minimum Gasteiger partial charge on any atom is -0.341 e. The van der Waals surface area contributed by atoms with Gasteiger partial charge in [-0.2, -0.15) is 0 Å². The van der Waals surface area contributed by atoms with Gasteiger partial charge in [-0.05, 0) is 63.5 Å². The van der Waals surface area contributed by atoms with Crippen LogP contribution < -0.4 is 0 Å². The molecule has 0 unspecified atom stereocenters. The van der Waals surface area contributed by atoms with Crippen LogP contribution in [-0.2, 0) is 0 Å². The molecular weight excluding hydrogens is 298 g/mol. The first-order valence-corrected chi connectivity index (χ1v) is 9.82. The molecule has 24 heavy (non-hydrogen) atoms. The molecule has 0 radical (unpaired) electrons. The average molecular weight is 329 g/mol. The Balaban J connectivity index is 1.48. The van der Waals surface area contributed by atoms with Crippen LogP contribution in [0.15, 0.2) is 18.3 Å². The number of fused-ring (bicyclic) bond motifs is 4. The van der Waals surface area contributed by atoms with Gasteiger partial charge in [0.25, 0.3) is 5.91 Å². The smallest absolute Gasteiger partial charge is 0.270 e. The average Bonchev–Trinajstić information content (AvgIpc) is 2.84. The number of rotatable bonds is 4. The Kier molecular flexibility index (Phi) is 4.42. The fourth-order valence-corrected chi connectivity index (χ4v) is 4.76. The number of nitrogens with zero attached hydrogens (tertiary/aromatic N) is 3. The lowest BCUT2D eigenvalue weighted by Crippen LogP contribution is -2.47. The molecule has 1 aliphatic carbocycles. The number of carbonyl (C=O) groups is 1. The highest BCUT2D eigenvalue weighted by Crippen LogP contribution is 2.33. The summed E-state index contributed by atoms with van der Waals surface area (Å²) in [6.07, 6.45) is 8.85. The molecular formula is C20H31N3O. The predicted octanol–water partition coefficient (Wildman–Crippen LogP) is 3.41. The minimum absolute atomic E-state index is 0.232. The summed E-state index contributed by atoms with van der Waals surface area (Å²) in [7, 11) is 0. The summed E-state index contributed by atoms with van der Waals surface area (Å²) >= 11 is 0. The van der Waals surface area contributed by atoms with E-state index in [2.05, 4.69) is 28.2 Å². The Morgan fingerprint density at radius 3 is 2.71 bits per heavy atom. The van der Waals surface area contributed by atoms with Crippen LogP contribution in [0.3, 0.4) is 0 Å². The predicted molar refractivity (Wildman–Crippen MR) is 96.1 cm³/mol. The molecule has 0 N–H and O–H groups in total. The number of piperidine rings is 1. The van der Waals surface area contributed by atoms with Crippen LogP contribution in [-0.4, -0.2) is 52.5 Å². The van der Waals surface area contributed by atoms with Crippen LogP contribution in [0.5, 0.6) is 0 Å². The first-order chi connectivity index (χ1) is 11.6. The molecule has 1 saturated carbocycles. The van der Waals surface area contributed by atoms with Gasteiger partial charge in [0.2, 0.25) is 0 Å². The van der Waals surface area contributed by atoms with Crippen molar-refractivity contribution in [2.75, 3.05) is 26.2 Å². The van der Waals surface area contributed by atoms with Gasteiger partial charge >= 0.3 is 0 Å². The highest BCUT2D eigenvalue weighted by molar-refractivity contribution is 5.93. The molecule has 1 amide bonds. The van der Waals surface area contributed by atoms with E-state index in [1.807, 2.05) is 18.3 Å². The van der Waals surface area contributed by atoms with Crippen molar-refractivity contribution in [3.8, 4) is 0 Å². The van der Waals surface area contributed by atoms with E-state index in [0.29, 0.717) is 18.0 Å². The quantitative estimate of drug-likeness (QED) is 0.847. The van der Waals surface area contributed by atoms with Crippen molar-refractivity contribution in [1.82, 2.24) is 14.4 Å². The number of hydrogen-bond donors (Lipinski definition) is 0. The second-order valence-electron chi connectivity index (χ2n) is 8.45. The van der Waals surface area contributed by atoms with Crippen molar-refractivity contribution < 1.29 is 4.79 Å². The Labute approximate surface area is 145 Å². The summed E-state index contributed by atoms with van der Waals surface area (Å²) in [5, 5.41) is 0. The molecule has 4 aliphatic rings. The van der Waals surface area contributed by atoms with Gasteiger partial charge in [0.05, 0.1) is 0 Å². The fourth-order valence-electron chi connectivity index (χ4n) is 4.76. The van der Waals surface area contributed by atoms with E-state index in [1.165, 1.54) is 45.2 Å². The molecule has 2 atom stereocenters. The van der Waals surface area contributed by atoms with Gasteiger partial charge in [-0.25, -0.2) is 0 Å².